The molecule has 2 heterocycles. The molecule has 8 heteroatoms. The van der Waals surface area contributed by atoms with Gasteiger partial charge in [0.2, 0.25) is 0 Å². The molecule has 3 aromatic rings. The Kier molecular flexibility index (Phi) is 9.87. The van der Waals surface area contributed by atoms with E-state index in [0.29, 0.717) is 6.54 Å². The molecule has 1 aromatic heterocycles. The van der Waals surface area contributed by atoms with E-state index in [1.165, 1.54) is 9.60 Å². The van der Waals surface area contributed by atoms with Gasteiger partial charge in [-0.1, -0.05) is 24.3 Å². The number of nitrogens with zero attached hydrogens (tertiary/aromatic N) is 2. The first-order chi connectivity index (χ1) is 17.8. The summed E-state index contributed by atoms with van der Waals surface area (Å²) in [6, 6.07) is 17.0. The highest BCUT2D eigenvalue weighted by Gasteiger charge is 2.26. The number of nitrogens with one attached hydrogen (secondary N) is 1. The number of amides is 1. The number of unbranched alkanes of at least 4 members (excludes halogenated alkanes) is 1. The smallest absolute Gasteiger partial charge is 0.407 e. The van der Waals surface area contributed by atoms with Crippen molar-refractivity contribution >= 4 is 39.4 Å². The van der Waals surface area contributed by atoms with Crippen LogP contribution in [0.2, 0.25) is 0 Å². The van der Waals surface area contributed by atoms with Gasteiger partial charge in [-0.25, -0.2) is 9.78 Å². The topological polar surface area (TPSA) is 63.7 Å². The molecule has 1 amide bonds. The number of thiazole rings is 1. The lowest BCUT2D eigenvalue weighted by Crippen LogP contribution is -2.35. The molecule has 1 N–H and O–H groups in total. The summed E-state index contributed by atoms with van der Waals surface area (Å²) in [5.41, 5.74) is 1.73. The van der Waals surface area contributed by atoms with Gasteiger partial charge in [-0.15, -0.1) is 23.1 Å². The van der Waals surface area contributed by atoms with Crippen LogP contribution in [0.15, 0.2) is 53.4 Å². The minimum atomic E-state index is -0.467. The number of fused-ring (bicyclic) bond motifs is 1. The van der Waals surface area contributed by atoms with E-state index in [0.717, 1.165) is 60.6 Å². The van der Waals surface area contributed by atoms with Gasteiger partial charge in [-0.2, -0.15) is 0 Å². The maximum absolute atomic E-state index is 11.8. The van der Waals surface area contributed by atoms with Gasteiger partial charge in [-0.05, 0) is 89.1 Å². The van der Waals surface area contributed by atoms with Crippen molar-refractivity contribution in [2.24, 2.45) is 0 Å². The molecule has 1 aliphatic heterocycles. The van der Waals surface area contributed by atoms with E-state index in [1.807, 2.05) is 38.6 Å². The van der Waals surface area contributed by atoms with Crippen LogP contribution in [-0.4, -0.2) is 60.1 Å². The van der Waals surface area contributed by atoms with Crippen LogP contribution in [-0.2, 0) is 9.47 Å². The molecule has 6 nitrogen and oxygen atoms in total. The van der Waals surface area contributed by atoms with Gasteiger partial charge in [0.05, 0.1) is 16.3 Å². The van der Waals surface area contributed by atoms with Gasteiger partial charge in [0.15, 0.2) is 0 Å². The Morgan fingerprint density at radius 1 is 1.16 bits per heavy atom. The maximum Gasteiger partial charge on any atom is 0.407 e. The van der Waals surface area contributed by atoms with Gasteiger partial charge in [0.25, 0.3) is 0 Å². The number of alkyl carbamates (subject to hydrolysis) is 1. The zero-order chi connectivity index (χ0) is 26.3. The van der Waals surface area contributed by atoms with E-state index in [2.05, 4.69) is 59.7 Å². The minimum absolute atomic E-state index is 0.163. The van der Waals surface area contributed by atoms with Gasteiger partial charge in [-0.3, -0.25) is 0 Å². The summed E-state index contributed by atoms with van der Waals surface area (Å²) in [6.45, 7) is 8.37. The lowest BCUT2D eigenvalue weighted by atomic mass is 10.1. The molecule has 0 spiro atoms. The molecule has 200 valence electrons. The van der Waals surface area contributed by atoms with Crippen LogP contribution < -0.4 is 5.32 Å². The van der Waals surface area contributed by atoms with Crippen molar-refractivity contribution in [2.45, 2.75) is 69.2 Å². The monoisotopic (exact) mass is 541 g/mol. The Balaban J connectivity index is 1.37. The molecular formula is C29H39N3O3S2. The van der Waals surface area contributed by atoms with Crippen LogP contribution in [0.4, 0.5) is 4.79 Å². The van der Waals surface area contributed by atoms with E-state index in [9.17, 15) is 4.79 Å². The summed E-state index contributed by atoms with van der Waals surface area (Å²) in [6.07, 6.45) is 3.75. The lowest BCUT2D eigenvalue weighted by molar-refractivity contribution is -0.0235. The van der Waals surface area contributed by atoms with Crippen molar-refractivity contribution in [3.8, 4) is 0 Å². The Bertz CT molecular complexity index is 1120. The van der Waals surface area contributed by atoms with Crippen molar-refractivity contribution in [3.05, 3.63) is 59.1 Å². The highest BCUT2D eigenvalue weighted by molar-refractivity contribution is 7.99. The average Bonchev–Trinajstić information content (AvgIpc) is 3.29. The van der Waals surface area contributed by atoms with Crippen LogP contribution in [0.5, 0.6) is 0 Å². The Hall–Kier alpha value is -2.13. The summed E-state index contributed by atoms with van der Waals surface area (Å²) in [7, 11) is 2.18. The fraction of sp³-hybridized carbons (Fsp3) is 0.517. The molecular weight excluding hydrogens is 502 g/mol. The molecule has 0 radical (unpaired) electrons. The summed E-state index contributed by atoms with van der Waals surface area (Å²) in [5, 5.41) is 3.86. The number of likely N-dealkylation sites (tertiary alicyclic amines) is 1. The largest absolute Gasteiger partial charge is 0.444 e. The number of piperidine rings is 1. The zero-order valence-electron chi connectivity index (χ0n) is 22.4. The standard InChI is InChI=1S/C29H39N3O3S2/c1-29(2,3)35-28(33)30-16-7-8-19-36-23-11-9-10-21(20-23)26(34-22-14-17-32(4)18-15-22)27-31-24-12-5-6-13-25(24)37-27/h5-6,9-13,20,22,26H,7-8,14-19H2,1-4H3,(H,30,33). The van der Waals surface area contributed by atoms with Gasteiger partial charge in [0.1, 0.15) is 16.7 Å². The number of benzene rings is 2. The number of ether oxygens (including phenoxy) is 2. The molecule has 1 saturated heterocycles. The lowest BCUT2D eigenvalue weighted by Gasteiger charge is -2.31. The van der Waals surface area contributed by atoms with Crippen LogP contribution in [0.25, 0.3) is 10.2 Å². The highest BCUT2D eigenvalue weighted by Crippen LogP contribution is 2.36. The fourth-order valence-corrected chi connectivity index (χ4v) is 6.30. The zero-order valence-corrected chi connectivity index (χ0v) is 24.0. The molecule has 37 heavy (non-hydrogen) atoms. The Morgan fingerprint density at radius 3 is 2.70 bits per heavy atom. The number of thioether (sulfide) groups is 1. The fourth-order valence-electron chi connectivity index (χ4n) is 4.28. The van der Waals surface area contributed by atoms with Crippen molar-refractivity contribution in [1.82, 2.24) is 15.2 Å². The second kappa shape index (κ2) is 13.1. The molecule has 1 unspecified atom stereocenters. The van der Waals surface area contributed by atoms with Gasteiger partial charge < -0.3 is 19.7 Å². The van der Waals surface area contributed by atoms with Crippen molar-refractivity contribution in [2.75, 3.05) is 32.4 Å². The van der Waals surface area contributed by atoms with Gasteiger partial charge >= 0.3 is 6.09 Å². The molecule has 0 bridgehead atoms. The van der Waals surface area contributed by atoms with E-state index in [4.69, 9.17) is 14.5 Å². The van der Waals surface area contributed by atoms with E-state index in [1.54, 1.807) is 11.3 Å². The quantitative estimate of drug-likeness (QED) is 0.223. The summed E-state index contributed by atoms with van der Waals surface area (Å²) >= 11 is 3.57. The second-order valence-electron chi connectivity index (χ2n) is 10.6. The SMILES string of the molecule is CN1CCC(OC(c2cccc(SCCCCNC(=O)OC(C)(C)C)c2)c2nc3ccccc3s2)CC1. The first-order valence-corrected chi connectivity index (χ1v) is 15.0. The normalized spacial score (nSPS) is 16.1. The number of hydrogen-bond donors (Lipinski definition) is 1. The Labute approximate surface area is 229 Å². The first-order valence-electron chi connectivity index (χ1n) is 13.2. The predicted octanol–water partition coefficient (Wildman–Crippen LogP) is 6.89. The molecule has 0 saturated carbocycles. The van der Waals surface area contributed by atoms with Crippen molar-refractivity contribution < 1.29 is 14.3 Å². The Morgan fingerprint density at radius 2 is 1.95 bits per heavy atom. The predicted molar refractivity (Wildman–Crippen MR) is 154 cm³/mol. The van der Waals surface area contributed by atoms with E-state index >= 15 is 0 Å². The molecule has 1 atom stereocenters. The van der Waals surface area contributed by atoms with E-state index in [-0.39, 0.29) is 18.3 Å². The second-order valence-corrected chi connectivity index (χ2v) is 12.8. The van der Waals surface area contributed by atoms with Gasteiger partial charge in [0, 0.05) is 24.5 Å². The number of rotatable bonds is 10. The molecule has 2 aromatic carbocycles. The molecule has 4 rings (SSSR count). The number of carbonyl (C=O) groups excluding carboxylic acids is 1. The first kappa shape index (κ1) is 27.9. The molecule has 0 aliphatic carbocycles. The summed E-state index contributed by atoms with van der Waals surface area (Å²) in [4.78, 5) is 20.4. The van der Waals surface area contributed by atoms with Crippen LogP contribution >= 0.6 is 23.1 Å². The number of carbonyl (C=O) groups is 1. The van der Waals surface area contributed by atoms with Crippen LogP contribution in [0, 0.1) is 0 Å². The van der Waals surface area contributed by atoms with Crippen LogP contribution in [0.3, 0.4) is 0 Å². The van der Waals surface area contributed by atoms with Crippen LogP contribution in [0.1, 0.15) is 63.1 Å². The summed E-state index contributed by atoms with van der Waals surface area (Å²) in [5.74, 6) is 0.987. The molecule has 1 aliphatic rings. The third kappa shape index (κ3) is 8.70. The average molecular weight is 542 g/mol. The van der Waals surface area contributed by atoms with E-state index < -0.39 is 5.60 Å². The number of hydrogen-bond acceptors (Lipinski definition) is 7. The third-order valence-corrected chi connectivity index (χ3v) is 8.36. The minimum Gasteiger partial charge on any atom is -0.444 e. The maximum atomic E-state index is 11.8. The number of para-hydroxylation sites is 1. The van der Waals surface area contributed by atoms with Crippen molar-refractivity contribution in [3.63, 3.8) is 0 Å². The third-order valence-electron chi connectivity index (χ3n) is 6.20. The molecule has 1 fully saturated rings. The van der Waals surface area contributed by atoms with Crippen molar-refractivity contribution in [1.29, 1.82) is 0 Å². The highest BCUT2D eigenvalue weighted by atomic mass is 32.2. The number of aromatic nitrogens is 1. The summed E-state index contributed by atoms with van der Waals surface area (Å²) < 4.78 is 13.3.